The van der Waals surface area contributed by atoms with Gasteiger partial charge in [0.1, 0.15) is 17.5 Å². The largest absolute Gasteiger partial charge is 0.348 e. The van der Waals surface area contributed by atoms with Crippen LogP contribution >= 0.6 is 0 Å². The Morgan fingerprint density at radius 2 is 2.16 bits per heavy atom. The van der Waals surface area contributed by atoms with Gasteiger partial charge in [-0.15, -0.1) is 0 Å². The van der Waals surface area contributed by atoms with Crippen molar-refractivity contribution in [3.63, 3.8) is 0 Å². The number of carbonyl (C=O) groups is 1. The van der Waals surface area contributed by atoms with Gasteiger partial charge in [-0.2, -0.15) is 0 Å². The third kappa shape index (κ3) is 4.51. The highest BCUT2D eigenvalue weighted by Gasteiger charge is 2.27. The second-order valence-electron chi connectivity index (χ2n) is 6.57. The minimum absolute atomic E-state index is 0.136. The Balaban J connectivity index is 1.69. The minimum Gasteiger partial charge on any atom is -0.348 e. The van der Waals surface area contributed by atoms with E-state index in [0.717, 1.165) is 42.7 Å². The van der Waals surface area contributed by atoms with Gasteiger partial charge >= 0.3 is 0 Å². The molecule has 3 heterocycles. The van der Waals surface area contributed by atoms with Gasteiger partial charge in [0.05, 0.1) is 12.2 Å². The number of likely N-dealkylation sites (N-methyl/N-ethyl adjacent to an activating group) is 1. The maximum absolute atomic E-state index is 11.9. The zero-order valence-electron chi connectivity index (χ0n) is 14.9. The van der Waals surface area contributed by atoms with Gasteiger partial charge in [0, 0.05) is 38.8 Å². The van der Waals surface area contributed by atoms with Crippen LogP contribution in [0, 0.1) is 6.92 Å². The monoisotopic (exact) mass is 340 g/mol. The third-order valence-corrected chi connectivity index (χ3v) is 4.33. The summed E-state index contributed by atoms with van der Waals surface area (Å²) in [7, 11) is 3.58. The number of pyridine rings is 1. The molecule has 1 amide bonds. The molecular formula is C18H24N6O. The van der Waals surface area contributed by atoms with Gasteiger partial charge in [0.25, 0.3) is 0 Å². The molecule has 1 aliphatic rings. The smallest absolute Gasteiger partial charge is 0.236 e. The summed E-state index contributed by atoms with van der Waals surface area (Å²) in [5, 5.41) is 3.23. The number of carbonyl (C=O) groups excluding carboxylic acids is 1. The molecule has 25 heavy (non-hydrogen) atoms. The van der Waals surface area contributed by atoms with Crippen LogP contribution in [0.25, 0.3) is 0 Å². The van der Waals surface area contributed by atoms with Crippen LogP contribution in [0.1, 0.15) is 23.9 Å². The average molecular weight is 340 g/mol. The molecule has 0 saturated carbocycles. The summed E-state index contributed by atoms with van der Waals surface area (Å²) in [6.07, 6.45) is 2.74. The number of aromatic nitrogens is 3. The zero-order valence-corrected chi connectivity index (χ0v) is 14.9. The van der Waals surface area contributed by atoms with E-state index in [-0.39, 0.29) is 5.91 Å². The molecule has 1 atom stereocenters. The summed E-state index contributed by atoms with van der Waals surface area (Å²) in [5.74, 6) is 2.71. The van der Waals surface area contributed by atoms with E-state index in [1.807, 2.05) is 31.2 Å². The second kappa shape index (κ2) is 7.57. The van der Waals surface area contributed by atoms with Gasteiger partial charge in [0.15, 0.2) is 0 Å². The summed E-state index contributed by atoms with van der Waals surface area (Å²) < 4.78 is 0. The molecular weight excluding hydrogens is 316 g/mol. The Labute approximate surface area is 148 Å². The number of aryl methyl sites for hydroxylation is 1. The molecule has 1 aliphatic heterocycles. The number of amides is 1. The van der Waals surface area contributed by atoms with Crippen molar-refractivity contribution < 1.29 is 4.79 Å². The molecule has 1 N–H and O–H groups in total. The molecule has 2 aromatic heterocycles. The van der Waals surface area contributed by atoms with Crippen LogP contribution in [0.15, 0.2) is 30.5 Å². The molecule has 0 aliphatic carbocycles. The molecule has 0 bridgehead atoms. The van der Waals surface area contributed by atoms with Crippen LogP contribution in [-0.4, -0.2) is 64.4 Å². The van der Waals surface area contributed by atoms with Gasteiger partial charge in [0.2, 0.25) is 5.91 Å². The highest BCUT2D eigenvalue weighted by atomic mass is 16.2. The Hall–Kier alpha value is -2.54. The summed E-state index contributed by atoms with van der Waals surface area (Å²) in [6, 6.07) is 7.70. The van der Waals surface area contributed by atoms with Crippen molar-refractivity contribution in [2.24, 2.45) is 0 Å². The molecule has 7 heteroatoms. The predicted octanol–water partition coefficient (Wildman–Crippen LogP) is 1.80. The lowest BCUT2D eigenvalue weighted by Crippen LogP contribution is -2.35. The fourth-order valence-corrected chi connectivity index (χ4v) is 2.98. The number of nitrogens with zero attached hydrogens (tertiary/aromatic N) is 5. The first-order chi connectivity index (χ1) is 12.0. The van der Waals surface area contributed by atoms with Crippen LogP contribution in [0.3, 0.4) is 0 Å². The molecule has 132 valence electrons. The lowest BCUT2D eigenvalue weighted by molar-refractivity contribution is -0.129. The Bertz CT molecular complexity index is 734. The van der Waals surface area contributed by atoms with Crippen molar-refractivity contribution in [1.29, 1.82) is 0 Å². The van der Waals surface area contributed by atoms with E-state index in [4.69, 9.17) is 0 Å². The Kier molecular flexibility index (Phi) is 5.23. The Morgan fingerprint density at radius 1 is 1.32 bits per heavy atom. The third-order valence-electron chi connectivity index (χ3n) is 4.33. The molecule has 3 rings (SSSR count). The molecule has 0 unspecified atom stereocenters. The minimum atomic E-state index is 0.136. The van der Waals surface area contributed by atoms with Crippen LogP contribution in [0.2, 0.25) is 0 Å². The molecule has 0 aromatic carbocycles. The molecule has 0 spiro atoms. The van der Waals surface area contributed by atoms with Crippen molar-refractivity contribution in [2.45, 2.75) is 19.3 Å². The number of anilines is 2. The molecule has 0 radical (unpaired) electrons. The Morgan fingerprint density at radius 3 is 2.88 bits per heavy atom. The van der Waals surface area contributed by atoms with Gasteiger partial charge in [-0.3, -0.25) is 9.69 Å². The van der Waals surface area contributed by atoms with E-state index >= 15 is 0 Å². The van der Waals surface area contributed by atoms with Crippen molar-refractivity contribution in [1.82, 2.24) is 24.8 Å². The van der Waals surface area contributed by atoms with Crippen molar-refractivity contribution in [2.75, 3.05) is 39.0 Å². The maximum atomic E-state index is 11.9. The van der Waals surface area contributed by atoms with E-state index in [0.29, 0.717) is 12.5 Å². The van der Waals surface area contributed by atoms with Crippen LogP contribution in [-0.2, 0) is 4.79 Å². The SMILES string of the molecule is Cc1nc(Nc2ccccn2)cc([C@@H]2CCN(CC(=O)N(C)C)C2)n1. The normalized spacial score (nSPS) is 17.5. The fraction of sp³-hybridized carbons (Fsp3) is 0.444. The van der Waals surface area contributed by atoms with E-state index < -0.39 is 0 Å². The number of hydrogen-bond acceptors (Lipinski definition) is 6. The van der Waals surface area contributed by atoms with Crippen molar-refractivity contribution in [3.8, 4) is 0 Å². The van der Waals surface area contributed by atoms with Gasteiger partial charge < -0.3 is 10.2 Å². The molecule has 1 fully saturated rings. The maximum Gasteiger partial charge on any atom is 0.236 e. The highest BCUT2D eigenvalue weighted by molar-refractivity contribution is 5.77. The van der Waals surface area contributed by atoms with Crippen LogP contribution in [0.5, 0.6) is 0 Å². The van der Waals surface area contributed by atoms with Gasteiger partial charge in [-0.25, -0.2) is 15.0 Å². The first-order valence-corrected chi connectivity index (χ1v) is 8.47. The molecule has 7 nitrogen and oxygen atoms in total. The number of hydrogen-bond donors (Lipinski definition) is 1. The number of likely N-dealkylation sites (tertiary alicyclic amines) is 1. The lowest BCUT2D eigenvalue weighted by atomic mass is 10.0. The molecule has 2 aromatic rings. The van der Waals surface area contributed by atoms with Crippen LogP contribution in [0.4, 0.5) is 11.6 Å². The van der Waals surface area contributed by atoms with Gasteiger partial charge in [-0.05, 0) is 32.0 Å². The fourth-order valence-electron chi connectivity index (χ4n) is 2.98. The van der Waals surface area contributed by atoms with E-state index in [2.05, 4.69) is 25.2 Å². The predicted molar refractivity (Wildman–Crippen MR) is 96.8 cm³/mol. The second-order valence-corrected chi connectivity index (χ2v) is 6.57. The first-order valence-electron chi connectivity index (χ1n) is 8.47. The topological polar surface area (TPSA) is 74.2 Å². The van der Waals surface area contributed by atoms with Crippen LogP contribution < -0.4 is 5.32 Å². The van der Waals surface area contributed by atoms with Gasteiger partial charge in [-0.1, -0.05) is 6.07 Å². The highest BCUT2D eigenvalue weighted by Crippen LogP contribution is 2.27. The molecule has 1 saturated heterocycles. The zero-order chi connectivity index (χ0) is 17.8. The van der Waals surface area contributed by atoms with E-state index in [1.54, 1.807) is 25.2 Å². The average Bonchev–Trinajstić information content (AvgIpc) is 3.03. The standard InChI is InChI=1S/C18H24N6O/c1-13-20-15(10-17(21-13)22-16-6-4-5-8-19-16)14-7-9-24(11-14)12-18(25)23(2)3/h4-6,8,10,14H,7,9,11-12H2,1-3H3,(H,19,20,21,22)/t14-/m1/s1. The lowest BCUT2D eigenvalue weighted by Gasteiger charge is -2.18. The summed E-state index contributed by atoms with van der Waals surface area (Å²) in [4.78, 5) is 29.1. The quantitative estimate of drug-likeness (QED) is 0.895. The first kappa shape index (κ1) is 17.3. The van der Waals surface area contributed by atoms with Crippen molar-refractivity contribution in [3.05, 3.63) is 42.0 Å². The number of rotatable bonds is 5. The number of nitrogens with one attached hydrogen (secondary N) is 1. The van der Waals surface area contributed by atoms with E-state index in [1.165, 1.54) is 0 Å². The van der Waals surface area contributed by atoms with E-state index in [9.17, 15) is 4.79 Å². The summed E-state index contributed by atoms with van der Waals surface area (Å²) in [6.45, 7) is 4.12. The summed E-state index contributed by atoms with van der Waals surface area (Å²) in [5.41, 5.74) is 1.02. The van der Waals surface area contributed by atoms with Crippen molar-refractivity contribution >= 4 is 17.5 Å². The summed E-state index contributed by atoms with van der Waals surface area (Å²) >= 11 is 0.